The number of rotatable bonds is 16. The van der Waals surface area contributed by atoms with Crippen LogP contribution >= 0.6 is 11.3 Å². The van der Waals surface area contributed by atoms with Crippen molar-refractivity contribution in [3.05, 3.63) is 77.9 Å². The summed E-state index contributed by atoms with van der Waals surface area (Å²) in [6.07, 6.45) is 1.60. The van der Waals surface area contributed by atoms with E-state index in [1.165, 1.54) is 18.3 Å². The molecule has 0 aliphatic carbocycles. The van der Waals surface area contributed by atoms with Gasteiger partial charge in [0.1, 0.15) is 23.9 Å². The highest BCUT2D eigenvalue weighted by Gasteiger charge is 2.24. The van der Waals surface area contributed by atoms with Crippen molar-refractivity contribution in [2.75, 3.05) is 32.8 Å². The number of benzene rings is 3. The van der Waals surface area contributed by atoms with Gasteiger partial charge in [0.2, 0.25) is 5.91 Å². The van der Waals surface area contributed by atoms with Gasteiger partial charge < -0.3 is 29.9 Å². The zero-order valence-electron chi connectivity index (χ0n) is 27.7. The van der Waals surface area contributed by atoms with E-state index < -0.39 is 0 Å². The Kier molecular flexibility index (Phi) is 11.5. The number of likely N-dealkylation sites (N-methyl/N-ethyl adjacent to an activating group) is 1. The number of carbonyl (C=O) groups excluding carboxylic acids is 2. The minimum absolute atomic E-state index is 0.0373. The lowest BCUT2D eigenvalue weighted by molar-refractivity contribution is -0.120. The van der Waals surface area contributed by atoms with Gasteiger partial charge in [-0.15, -0.1) is 11.3 Å². The van der Waals surface area contributed by atoms with Gasteiger partial charge >= 0.3 is 0 Å². The van der Waals surface area contributed by atoms with Gasteiger partial charge in [0.05, 0.1) is 5.60 Å². The van der Waals surface area contributed by atoms with Crippen LogP contribution in [0.2, 0.25) is 0 Å². The molecule has 3 N–H and O–H groups in total. The number of phenols is 2. The van der Waals surface area contributed by atoms with Gasteiger partial charge in [0.25, 0.3) is 0 Å². The summed E-state index contributed by atoms with van der Waals surface area (Å²) in [5.41, 5.74) is 1.33. The Bertz CT molecular complexity index is 1630. The predicted molar refractivity (Wildman–Crippen MR) is 185 cm³/mol. The first-order valence-corrected chi connectivity index (χ1v) is 16.6. The third-order valence-corrected chi connectivity index (χ3v) is 9.24. The van der Waals surface area contributed by atoms with Crippen LogP contribution in [0.5, 0.6) is 17.2 Å². The number of ether oxygens (including phenoxy) is 2. The number of amides is 1. The Hall–Kier alpha value is -3.92. The largest absolute Gasteiger partial charge is 0.508 e. The van der Waals surface area contributed by atoms with E-state index >= 15 is 0 Å². The Morgan fingerprint density at radius 2 is 1.54 bits per heavy atom. The van der Waals surface area contributed by atoms with Crippen molar-refractivity contribution < 1.29 is 29.3 Å². The molecule has 0 unspecified atom stereocenters. The topological polar surface area (TPSA) is 108 Å². The number of carbonyl (C=O) groups is 2. The Balaban J connectivity index is 1.33. The Labute approximate surface area is 276 Å². The van der Waals surface area contributed by atoms with E-state index in [1.807, 2.05) is 26.0 Å². The summed E-state index contributed by atoms with van der Waals surface area (Å²) in [6.45, 7) is 15.5. The maximum atomic E-state index is 13.9. The van der Waals surface area contributed by atoms with E-state index in [4.69, 9.17) is 9.47 Å². The third kappa shape index (κ3) is 9.55. The molecule has 0 bridgehead atoms. The lowest BCUT2D eigenvalue weighted by atomic mass is 9.97. The van der Waals surface area contributed by atoms with Gasteiger partial charge in [-0.3, -0.25) is 9.59 Å². The number of nitrogens with zero attached hydrogens (tertiary/aromatic N) is 1. The molecule has 0 saturated heterocycles. The summed E-state index contributed by atoms with van der Waals surface area (Å²) in [7, 11) is 0. The van der Waals surface area contributed by atoms with Crippen LogP contribution in [0.25, 0.3) is 20.5 Å². The SMILES string of the molecule is CCN(CCOc1ccc(C(=O)c2c(-c3ccc(O)cc3)sc3cc(O)ccc23)cc1)CCC(C)(C)OCCC(C)(C)NC(C)=O. The van der Waals surface area contributed by atoms with Crippen molar-refractivity contribution >= 4 is 33.1 Å². The molecule has 0 spiro atoms. The van der Waals surface area contributed by atoms with E-state index in [1.54, 1.807) is 54.6 Å². The van der Waals surface area contributed by atoms with E-state index in [0.717, 1.165) is 53.0 Å². The second kappa shape index (κ2) is 15.1. The zero-order chi connectivity index (χ0) is 33.5. The minimum Gasteiger partial charge on any atom is -0.508 e. The number of hydrogen-bond acceptors (Lipinski definition) is 8. The van der Waals surface area contributed by atoms with Crippen molar-refractivity contribution in [1.82, 2.24) is 10.2 Å². The Morgan fingerprint density at radius 1 is 0.870 bits per heavy atom. The molecular weight excluding hydrogens is 600 g/mol. The number of thiophene rings is 1. The molecule has 9 heteroatoms. The molecule has 0 aliphatic heterocycles. The fourth-order valence-electron chi connectivity index (χ4n) is 5.32. The van der Waals surface area contributed by atoms with Crippen LogP contribution < -0.4 is 10.1 Å². The van der Waals surface area contributed by atoms with Gasteiger partial charge in [-0.05, 0) is 119 Å². The van der Waals surface area contributed by atoms with Crippen LogP contribution in [-0.4, -0.2) is 70.8 Å². The molecule has 3 aromatic carbocycles. The Morgan fingerprint density at radius 3 is 2.20 bits per heavy atom. The van der Waals surface area contributed by atoms with E-state index in [9.17, 15) is 19.8 Å². The molecule has 0 fully saturated rings. The van der Waals surface area contributed by atoms with Crippen molar-refractivity contribution in [1.29, 1.82) is 0 Å². The van der Waals surface area contributed by atoms with Crippen LogP contribution in [0.3, 0.4) is 0 Å². The molecule has 0 saturated carbocycles. The van der Waals surface area contributed by atoms with Gasteiger partial charge in [-0.1, -0.05) is 6.92 Å². The fraction of sp³-hybridized carbons (Fsp3) is 0.405. The molecule has 46 heavy (non-hydrogen) atoms. The molecule has 246 valence electrons. The molecule has 1 heterocycles. The van der Waals surface area contributed by atoms with Crippen LogP contribution in [0.15, 0.2) is 66.7 Å². The summed E-state index contributed by atoms with van der Waals surface area (Å²) in [5.74, 6) is 0.833. The maximum Gasteiger partial charge on any atom is 0.217 e. The van der Waals surface area contributed by atoms with Crippen molar-refractivity contribution in [2.24, 2.45) is 0 Å². The van der Waals surface area contributed by atoms with Crippen molar-refractivity contribution in [3.63, 3.8) is 0 Å². The number of hydrogen-bond donors (Lipinski definition) is 3. The lowest BCUT2D eigenvalue weighted by Gasteiger charge is -2.31. The summed E-state index contributed by atoms with van der Waals surface area (Å²) < 4.78 is 13.0. The first kappa shape index (κ1) is 34.9. The highest BCUT2D eigenvalue weighted by atomic mass is 32.1. The molecule has 1 amide bonds. The lowest BCUT2D eigenvalue weighted by Crippen LogP contribution is -2.44. The van der Waals surface area contributed by atoms with Gasteiger partial charge in [0.15, 0.2) is 5.78 Å². The van der Waals surface area contributed by atoms with Gasteiger partial charge in [0, 0.05) is 58.2 Å². The van der Waals surface area contributed by atoms with Crippen LogP contribution in [-0.2, 0) is 9.53 Å². The summed E-state index contributed by atoms with van der Waals surface area (Å²) in [6, 6.07) is 19.0. The average molecular weight is 647 g/mol. The number of ketones is 1. The fourth-order valence-corrected chi connectivity index (χ4v) is 6.55. The normalized spacial score (nSPS) is 12.1. The molecular formula is C37H46N2O6S. The molecule has 0 aliphatic rings. The molecule has 0 radical (unpaired) electrons. The monoisotopic (exact) mass is 646 g/mol. The van der Waals surface area contributed by atoms with Crippen molar-refractivity contribution in [2.45, 2.75) is 65.5 Å². The first-order valence-electron chi connectivity index (χ1n) is 15.7. The van der Waals surface area contributed by atoms with Crippen LogP contribution in [0.1, 0.15) is 70.3 Å². The van der Waals surface area contributed by atoms with Gasteiger partial charge in [-0.25, -0.2) is 0 Å². The highest BCUT2D eigenvalue weighted by molar-refractivity contribution is 7.22. The molecule has 1 aromatic heterocycles. The van der Waals surface area contributed by atoms with E-state index in [0.29, 0.717) is 30.1 Å². The third-order valence-electron chi connectivity index (χ3n) is 8.03. The summed E-state index contributed by atoms with van der Waals surface area (Å²) >= 11 is 1.44. The standard InChI is InChI=1S/C37H46N2O6S/c1-7-39(20-18-37(5,6)45-22-19-36(3,4)38-25(2)40)21-23-44-30-15-10-26(11-16-30)34(43)33-31-17-14-29(42)24-32(31)46-35(33)27-8-12-28(41)13-9-27/h8-17,24,41-42H,7,18-23H2,1-6H3,(H,38,40). The molecule has 4 rings (SSSR count). The summed E-state index contributed by atoms with van der Waals surface area (Å²) in [5, 5.41) is 23.6. The van der Waals surface area contributed by atoms with Crippen LogP contribution in [0, 0.1) is 0 Å². The predicted octanol–water partition coefficient (Wildman–Crippen LogP) is 7.40. The molecule has 4 aromatic rings. The van der Waals surface area contributed by atoms with E-state index in [-0.39, 0.29) is 34.3 Å². The smallest absolute Gasteiger partial charge is 0.217 e. The molecule has 8 nitrogen and oxygen atoms in total. The maximum absolute atomic E-state index is 13.9. The average Bonchev–Trinajstić information content (AvgIpc) is 3.36. The second-order valence-electron chi connectivity index (χ2n) is 12.8. The van der Waals surface area contributed by atoms with E-state index in [2.05, 4.69) is 31.0 Å². The van der Waals surface area contributed by atoms with Gasteiger partial charge in [-0.2, -0.15) is 0 Å². The number of aromatic hydroxyl groups is 2. The summed E-state index contributed by atoms with van der Waals surface area (Å²) in [4.78, 5) is 28.4. The first-order chi connectivity index (χ1) is 21.8. The number of nitrogens with one attached hydrogen (secondary N) is 1. The van der Waals surface area contributed by atoms with Crippen LogP contribution in [0.4, 0.5) is 0 Å². The number of phenolic OH excluding ortho intramolecular Hbond substituents is 2. The quantitative estimate of drug-likeness (QED) is 0.109. The zero-order valence-corrected chi connectivity index (χ0v) is 28.5. The minimum atomic E-state index is -0.305. The highest BCUT2D eigenvalue weighted by Crippen LogP contribution is 2.41. The van der Waals surface area contributed by atoms with Crippen molar-refractivity contribution in [3.8, 4) is 27.7 Å². The number of fused-ring (bicyclic) bond motifs is 1. The molecule has 0 atom stereocenters. The second-order valence-corrected chi connectivity index (χ2v) is 13.9.